The van der Waals surface area contributed by atoms with Crippen molar-refractivity contribution >= 4 is 11.9 Å². The topological polar surface area (TPSA) is 124 Å². The molecule has 1 aromatic rings. The summed E-state index contributed by atoms with van der Waals surface area (Å²) < 4.78 is 20.5. The zero-order valence-electron chi connectivity index (χ0n) is 16.3. The highest BCUT2D eigenvalue weighted by Crippen LogP contribution is 2.26. The molecule has 0 aliphatic rings. The van der Waals surface area contributed by atoms with Crippen LogP contribution in [0.3, 0.4) is 0 Å². The molecule has 0 spiro atoms. The molecule has 28 heavy (non-hydrogen) atoms. The lowest BCUT2D eigenvalue weighted by Crippen LogP contribution is -2.24. The third-order valence-electron chi connectivity index (χ3n) is 3.63. The largest absolute Gasteiger partial charge is 0.504 e. The molecule has 0 aliphatic carbocycles. The average Bonchev–Trinajstić information content (AvgIpc) is 2.69. The first-order valence-electron chi connectivity index (χ1n) is 9.04. The zero-order chi connectivity index (χ0) is 20.8. The summed E-state index contributed by atoms with van der Waals surface area (Å²) in [5.41, 5.74) is 0.764. The number of hydrogen-bond acceptors (Lipinski definition) is 8. The molecule has 9 heteroatoms. The number of benzene rings is 1. The molecule has 0 radical (unpaired) electrons. The SMILES string of the molecule is COc1cc(CNC(=O)CCC(=O)OCCOCC(C)OCCO)ccc1O. The van der Waals surface area contributed by atoms with Crippen molar-refractivity contribution in [1.82, 2.24) is 5.32 Å². The van der Waals surface area contributed by atoms with Crippen LogP contribution in [0.1, 0.15) is 25.3 Å². The second kappa shape index (κ2) is 13.8. The molecule has 0 saturated heterocycles. The first kappa shape index (κ1) is 23.7. The average molecular weight is 399 g/mol. The fraction of sp³-hybridized carbons (Fsp3) is 0.579. The van der Waals surface area contributed by atoms with Gasteiger partial charge in [-0.25, -0.2) is 0 Å². The van der Waals surface area contributed by atoms with E-state index < -0.39 is 5.97 Å². The van der Waals surface area contributed by atoms with Crippen LogP contribution in [0.5, 0.6) is 11.5 Å². The van der Waals surface area contributed by atoms with E-state index in [-0.39, 0.29) is 63.6 Å². The van der Waals surface area contributed by atoms with Gasteiger partial charge in [0, 0.05) is 13.0 Å². The first-order chi connectivity index (χ1) is 13.5. The zero-order valence-corrected chi connectivity index (χ0v) is 16.3. The summed E-state index contributed by atoms with van der Waals surface area (Å²) in [5, 5.41) is 20.9. The van der Waals surface area contributed by atoms with Crippen LogP contribution in [0.4, 0.5) is 0 Å². The van der Waals surface area contributed by atoms with Crippen molar-refractivity contribution in [3.8, 4) is 11.5 Å². The minimum atomic E-state index is -0.477. The number of aromatic hydroxyl groups is 1. The lowest BCUT2D eigenvalue weighted by atomic mass is 10.2. The second-order valence-corrected chi connectivity index (χ2v) is 5.98. The minimum absolute atomic E-state index is 0.0148. The number of aliphatic hydroxyl groups is 1. The Morgan fingerprint density at radius 1 is 1.18 bits per heavy atom. The summed E-state index contributed by atoms with van der Waals surface area (Å²) in [6.07, 6.45) is -0.165. The van der Waals surface area contributed by atoms with E-state index in [9.17, 15) is 14.7 Å². The van der Waals surface area contributed by atoms with Crippen molar-refractivity contribution in [2.24, 2.45) is 0 Å². The molecule has 1 aromatic carbocycles. The number of hydrogen-bond donors (Lipinski definition) is 3. The molecule has 1 atom stereocenters. The Morgan fingerprint density at radius 3 is 2.68 bits per heavy atom. The van der Waals surface area contributed by atoms with Crippen LogP contribution in [0, 0.1) is 0 Å². The van der Waals surface area contributed by atoms with Gasteiger partial charge in [-0.05, 0) is 24.6 Å². The van der Waals surface area contributed by atoms with Crippen molar-refractivity contribution in [3.63, 3.8) is 0 Å². The van der Waals surface area contributed by atoms with Crippen LogP contribution in [0.15, 0.2) is 18.2 Å². The van der Waals surface area contributed by atoms with Gasteiger partial charge < -0.3 is 34.5 Å². The standard InChI is InChI=1S/C19H29NO8/c1-14(27-8-7-21)13-26-9-10-28-19(24)6-5-18(23)20-12-15-3-4-16(22)17(11-15)25-2/h3-4,11,14,21-22H,5-10,12-13H2,1-2H3,(H,20,23). The molecule has 9 nitrogen and oxygen atoms in total. The molecule has 0 fully saturated rings. The number of nitrogens with one attached hydrogen (secondary N) is 1. The van der Waals surface area contributed by atoms with Crippen molar-refractivity contribution in [2.75, 3.05) is 40.1 Å². The Balaban J connectivity index is 2.12. The Bertz CT molecular complexity index is 608. The molecule has 0 bridgehead atoms. The van der Waals surface area contributed by atoms with Crippen molar-refractivity contribution in [2.45, 2.75) is 32.4 Å². The molecule has 0 heterocycles. The fourth-order valence-electron chi connectivity index (χ4n) is 2.17. The number of phenolic OH excluding ortho intramolecular Hbond substituents is 1. The normalized spacial score (nSPS) is 11.7. The number of methoxy groups -OCH3 is 1. The maximum atomic E-state index is 11.8. The maximum absolute atomic E-state index is 11.8. The Morgan fingerprint density at radius 2 is 1.96 bits per heavy atom. The summed E-state index contributed by atoms with van der Waals surface area (Å²) in [7, 11) is 1.44. The molecule has 3 N–H and O–H groups in total. The summed E-state index contributed by atoms with van der Waals surface area (Å²) in [4.78, 5) is 23.5. The van der Waals surface area contributed by atoms with Crippen LogP contribution < -0.4 is 10.1 Å². The van der Waals surface area contributed by atoms with Crippen molar-refractivity contribution < 1.29 is 38.7 Å². The van der Waals surface area contributed by atoms with E-state index >= 15 is 0 Å². The van der Waals surface area contributed by atoms with Gasteiger partial charge in [0.2, 0.25) is 5.91 Å². The van der Waals surface area contributed by atoms with Crippen molar-refractivity contribution in [3.05, 3.63) is 23.8 Å². The lowest BCUT2D eigenvalue weighted by molar-refractivity contribution is -0.146. The molecular formula is C19H29NO8. The minimum Gasteiger partial charge on any atom is -0.504 e. The third-order valence-corrected chi connectivity index (χ3v) is 3.63. The highest BCUT2D eigenvalue weighted by molar-refractivity contribution is 5.81. The second-order valence-electron chi connectivity index (χ2n) is 5.98. The number of aliphatic hydroxyl groups excluding tert-OH is 1. The van der Waals surface area contributed by atoms with E-state index in [0.717, 1.165) is 5.56 Å². The number of esters is 1. The highest BCUT2D eigenvalue weighted by Gasteiger charge is 2.09. The number of rotatable bonds is 14. The number of ether oxygens (including phenoxy) is 4. The van der Waals surface area contributed by atoms with E-state index in [4.69, 9.17) is 24.1 Å². The van der Waals surface area contributed by atoms with E-state index in [1.807, 2.05) is 6.92 Å². The van der Waals surface area contributed by atoms with Crippen molar-refractivity contribution in [1.29, 1.82) is 0 Å². The molecule has 1 rings (SSSR count). The smallest absolute Gasteiger partial charge is 0.306 e. The summed E-state index contributed by atoms with van der Waals surface area (Å²) in [6.45, 7) is 2.94. The van der Waals surface area contributed by atoms with E-state index in [0.29, 0.717) is 12.4 Å². The van der Waals surface area contributed by atoms with Gasteiger partial charge in [0.15, 0.2) is 11.5 Å². The van der Waals surface area contributed by atoms with Gasteiger partial charge in [-0.3, -0.25) is 9.59 Å². The van der Waals surface area contributed by atoms with E-state index in [1.165, 1.54) is 13.2 Å². The Kier molecular flexibility index (Phi) is 11.6. The number of phenols is 1. The number of carbonyl (C=O) groups is 2. The van der Waals surface area contributed by atoms with Gasteiger partial charge >= 0.3 is 5.97 Å². The molecule has 1 unspecified atom stereocenters. The van der Waals surface area contributed by atoms with Crippen LogP contribution >= 0.6 is 0 Å². The summed E-state index contributed by atoms with van der Waals surface area (Å²) in [6, 6.07) is 4.78. The maximum Gasteiger partial charge on any atom is 0.306 e. The number of carbonyl (C=O) groups excluding carboxylic acids is 2. The van der Waals surface area contributed by atoms with Gasteiger partial charge in [0.1, 0.15) is 6.61 Å². The Labute approximate surface area is 164 Å². The third kappa shape index (κ3) is 10.1. The molecule has 0 aromatic heterocycles. The molecule has 0 saturated carbocycles. The monoisotopic (exact) mass is 399 g/mol. The predicted octanol–water partition coefficient (Wildman–Crippen LogP) is 0.754. The summed E-state index contributed by atoms with van der Waals surface area (Å²) >= 11 is 0. The number of amides is 1. The van der Waals surface area contributed by atoms with Gasteiger partial charge in [-0.15, -0.1) is 0 Å². The van der Waals surface area contributed by atoms with Gasteiger partial charge in [0.25, 0.3) is 0 Å². The predicted molar refractivity (Wildman–Crippen MR) is 100 cm³/mol. The van der Waals surface area contributed by atoms with Gasteiger partial charge in [-0.2, -0.15) is 0 Å². The van der Waals surface area contributed by atoms with Gasteiger partial charge in [0.05, 0.1) is 46.1 Å². The first-order valence-corrected chi connectivity index (χ1v) is 9.04. The molecule has 1 amide bonds. The van der Waals surface area contributed by atoms with Crippen LogP contribution in [0.2, 0.25) is 0 Å². The van der Waals surface area contributed by atoms with Crippen LogP contribution in [-0.4, -0.2) is 68.3 Å². The highest BCUT2D eigenvalue weighted by atomic mass is 16.6. The van der Waals surface area contributed by atoms with Crippen LogP contribution in [0.25, 0.3) is 0 Å². The van der Waals surface area contributed by atoms with Gasteiger partial charge in [-0.1, -0.05) is 6.07 Å². The van der Waals surface area contributed by atoms with Crippen LogP contribution in [-0.2, 0) is 30.3 Å². The Hall–Kier alpha value is -2.36. The lowest BCUT2D eigenvalue weighted by Gasteiger charge is -2.12. The molecular weight excluding hydrogens is 370 g/mol. The quantitative estimate of drug-likeness (QED) is 0.309. The van der Waals surface area contributed by atoms with E-state index in [1.54, 1.807) is 12.1 Å². The van der Waals surface area contributed by atoms with E-state index in [2.05, 4.69) is 5.32 Å². The molecule has 158 valence electrons. The summed E-state index contributed by atoms with van der Waals surface area (Å²) in [5.74, 6) is -0.409. The molecule has 0 aliphatic heterocycles. The fourth-order valence-corrected chi connectivity index (χ4v) is 2.17.